The van der Waals surface area contributed by atoms with E-state index >= 15 is 0 Å². The van der Waals surface area contributed by atoms with Gasteiger partial charge in [-0.25, -0.2) is 0 Å². The van der Waals surface area contributed by atoms with Crippen molar-refractivity contribution in [2.24, 2.45) is 5.92 Å². The second-order valence-corrected chi connectivity index (χ2v) is 6.10. The smallest absolute Gasteiger partial charge is 0.325 e. The summed E-state index contributed by atoms with van der Waals surface area (Å²) in [6.07, 6.45) is 3.06. The third-order valence-corrected chi connectivity index (χ3v) is 4.53. The van der Waals surface area contributed by atoms with Crippen LogP contribution in [0.3, 0.4) is 0 Å². The Morgan fingerprint density at radius 2 is 1.94 bits per heavy atom. The first-order chi connectivity index (χ1) is 8.30. The largest absolute Gasteiger partial charge is 0.480 e. The van der Waals surface area contributed by atoms with Gasteiger partial charge in [-0.1, -0.05) is 13.8 Å². The molecule has 1 aliphatic rings. The predicted molar refractivity (Wildman–Crippen MR) is 73.8 cm³/mol. The van der Waals surface area contributed by atoms with Gasteiger partial charge in [0, 0.05) is 12.1 Å². The Balaban J connectivity index is 2.87. The van der Waals surface area contributed by atoms with Crippen molar-refractivity contribution >= 4 is 5.97 Å². The lowest BCUT2D eigenvalue weighted by atomic mass is 9.89. The molecule has 1 unspecified atom stereocenters. The fraction of sp³-hybridized carbons (Fsp3) is 0.929. The van der Waals surface area contributed by atoms with Crippen molar-refractivity contribution in [1.82, 2.24) is 10.2 Å². The number of carboxylic acids is 1. The number of likely N-dealkylation sites (N-methyl/N-ethyl adjacent to an activating group) is 2. The molecule has 2 N–H and O–H groups in total. The van der Waals surface area contributed by atoms with Gasteiger partial charge < -0.3 is 10.4 Å². The quantitative estimate of drug-likeness (QED) is 0.697. The Kier molecular flexibility index (Phi) is 4.78. The second kappa shape index (κ2) is 5.57. The molecule has 0 aromatic heterocycles. The van der Waals surface area contributed by atoms with Gasteiger partial charge in [0.05, 0.1) is 0 Å². The third kappa shape index (κ3) is 3.04. The summed E-state index contributed by atoms with van der Waals surface area (Å²) >= 11 is 0. The molecule has 0 aromatic carbocycles. The molecule has 106 valence electrons. The number of carbonyl (C=O) groups is 1. The molecule has 1 atom stereocenters. The topological polar surface area (TPSA) is 52.6 Å². The zero-order valence-corrected chi connectivity index (χ0v) is 12.4. The van der Waals surface area contributed by atoms with Crippen molar-refractivity contribution in [3.05, 3.63) is 0 Å². The van der Waals surface area contributed by atoms with E-state index in [9.17, 15) is 9.90 Å². The van der Waals surface area contributed by atoms with Crippen LogP contribution < -0.4 is 5.32 Å². The summed E-state index contributed by atoms with van der Waals surface area (Å²) in [6.45, 7) is 9.72. The molecule has 0 saturated heterocycles. The van der Waals surface area contributed by atoms with Crippen molar-refractivity contribution in [2.75, 3.05) is 20.1 Å². The van der Waals surface area contributed by atoms with Gasteiger partial charge in [-0.15, -0.1) is 0 Å². The zero-order chi connectivity index (χ0) is 14.0. The fourth-order valence-corrected chi connectivity index (χ4v) is 2.40. The summed E-state index contributed by atoms with van der Waals surface area (Å²) < 4.78 is 0. The van der Waals surface area contributed by atoms with E-state index in [-0.39, 0.29) is 11.5 Å². The highest BCUT2D eigenvalue weighted by Gasteiger charge is 2.52. The number of carboxylic acid groups (broad SMARTS) is 1. The van der Waals surface area contributed by atoms with Crippen LogP contribution >= 0.6 is 0 Å². The number of hydrogen-bond acceptors (Lipinski definition) is 3. The van der Waals surface area contributed by atoms with Crippen molar-refractivity contribution in [3.8, 4) is 0 Å². The SMILES string of the molecule is CCNC(CN(C)C(C)(C)CC)(C(=O)O)C1CC1. The molecule has 0 heterocycles. The molecule has 4 heteroatoms. The molecular weight excluding hydrogens is 228 g/mol. The molecule has 1 saturated carbocycles. The van der Waals surface area contributed by atoms with Crippen LogP contribution in [-0.4, -0.2) is 47.2 Å². The van der Waals surface area contributed by atoms with Crippen molar-refractivity contribution in [1.29, 1.82) is 0 Å². The number of nitrogens with zero attached hydrogens (tertiary/aromatic N) is 1. The summed E-state index contributed by atoms with van der Waals surface area (Å²) in [5, 5.41) is 12.9. The average Bonchev–Trinajstić information content (AvgIpc) is 3.11. The molecule has 0 aliphatic heterocycles. The van der Waals surface area contributed by atoms with E-state index in [2.05, 4.69) is 31.0 Å². The molecule has 18 heavy (non-hydrogen) atoms. The predicted octanol–water partition coefficient (Wildman–Crippen LogP) is 1.95. The van der Waals surface area contributed by atoms with E-state index in [1.807, 2.05) is 14.0 Å². The maximum atomic E-state index is 11.8. The van der Waals surface area contributed by atoms with E-state index in [0.29, 0.717) is 13.1 Å². The van der Waals surface area contributed by atoms with E-state index in [0.717, 1.165) is 19.3 Å². The summed E-state index contributed by atoms with van der Waals surface area (Å²) in [5.41, 5.74) is -0.735. The average molecular weight is 256 g/mol. The molecule has 0 radical (unpaired) electrons. The minimum atomic E-state index is -0.768. The molecule has 0 bridgehead atoms. The zero-order valence-electron chi connectivity index (χ0n) is 12.4. The standard InChI is InChI=1S/C14H28N2O2/c1-6-13(3,4)16(5)10-14(12(17)18,15-7-2)11-8-9-11/h11,15H,6-10H2,1-5H3,(H,17,18). The summed E-state index contributed by atoms with van der Waals surface area (Å²) in [6, 6.07) is 0. The van der Waals surface area contributed by atoms with Crippen molar-refractivity contribution in [2.45, 2.75) is 58.0 Å². The highest BCUT2D eigenvalue weighted by Crippen LogP contribution is 2.41. The van der Waals surface area contributed by atoms with Gasteiger partial charge in [-0.3, -0.25) is 9.69 Å². The lowest BCUT2D eigenvalue weighted by Crippen LogP contribution is -2.62. The van der Waals surface area contributed by atoms with Crippen LogP contribution in [0.4, 0.5) is 0 Å². The minimum absolute atomic E-state index is 0.0327. The van der Waals surface area contributed by atoms with E-state index in [1.165, 1.54) is 0 Å². The number of nitrogens with one attached hydrogen (secondary N) is 1. The summed E-state index contributed by atoms with van der Waals surface area (Å²) in [7, 11) is 2.03. The first-order valence-electron chi connectivity index (χ1n) is 6.99. The number of rotatable bonds is 8. The lowest BCUT2D eigenvalue weighted by Gasteiger charge is -2.41. The van der Waals surface area contributed by atoms with Gasteiger partial charge in [0.2, 0.25) is 0 Å². The molecule has 1 rings (SSSR count). The Hall–Kier alpha value is -0.610. The molecular formula is C14H28N2O2. The van der Waals surface area contributed by atoms with Crippen molar-refractivity contribution in [3.63, 3.8) is 0 Å². The molecule has 0 amide bonds. The number of hydrogen-bond donors (Lipinski definition) is 2. The highest BCUT2D eigenvalue weighted by atomic mass is 16.4. The summed E-state index contributed by atoms with van der Waals surface area (Å²) in [4.78, 5) is 13.9. The van der Waals surface area contributed by atoms with Crippen LogP contribution in [0.2, 0.25) is 0 Å². The first-order valence-corrected chi connectivity index (χ1v) is 6.99. The van der Waals surface area contributed by atoms with E-state index in [1.54, 1.807) is 0 Å². The Labute approximate surface area is 111 Å². The van der Waals surface area contributed by atoms with Gasteiger partial charge in [0.25, 0.3) is 0 Å². The summed E-state index contributed by atoms with van der Waals surface area (Å²) in [5.74, 6) is -0.421. The van der Waals surface area contributed by atoms with E-state index < -0.39 is 11.5 Å². The molecule has 0 aromatic rings. The van der Waals surface area contributed by atoms with Gasteiger partial charge in [-0.2, -0.15) is 0 Å². The Bertz CT molecular complexity index is 300. The minimum Gasteiger partial charge on any atom is -0.480 e. The van der Waals surface area contributed by atoms with Crippen LogP contribution in [0.1, 0.15) is 47.0 Å². The van der Waals surface area contributed by atoms with Crippen LogP contribution in [0.25, 0.3) is 0 Å². The fourth-order valence-electron chi connectivity index (χ4n) is 2.40. The molecule has 0 spiro atoms. The van der Waals surface area contributed by atoms with Crippen LogP contribution in [0, 0.1) is 5.92 Å². The Morgan fingerprint density at radius 1 is 1.39 bits per heavy atom. The maximum Gasteiger partial charge on any atom is 0.325 e. The van der Waals surface area contributed by atoms with Crippen molar-refractivity contribution < 1.29 is 9.90 Å². The van der Waals surface area contributed by atoms with E-state index in [4.69, 9.17) is 0 Å². The van der Waals surface area contributed by atoms with Crippen LogP contribution in [0.15, 0.2) is 0 Å². The second-order valence-electron chi connectivity index (χ2n) is 6.10. The normalized spacial score (nSPS) is 19.9. The molecule has 1 aliphatic carbocycles. The van der Waals surface area contributed by atoms with Crippen LogP contribution in [-0.2, 0) is 4.79 Å². The van der Waals surface area contributed by atoms with Gasteiger partial charge in [0.15, 0.2) is 0 Å². The number of aliphatic carboxylic acids is 1. The first kappa shape index (κ1) is 15.4. The third-order valence-electron chi connectivity index (χ3n) is 4.53. The highest BCUT2D eigenvalue weighted by molar-refractivity contribution is 5.80. The lowest BCUT2D eigenvalue weighted by molar-refractivity contribution is -0.147. The molecule has 1 fully saturated rings. The van der Waals surface area contributed by atoms with Gasteiger partial charge >= 0.3 is 5.97 Å². The monoisotopic (exact) mass is 256 g/mol. The molecule has 4 nitrogen and oxygen atoms in total. The van der Waals surface area contributed by atoms with Gasteiger partial charge in [-0.05, 0) is 52.6 Å². The van der Waals surface area contributed by atoms with Crippen LogP contribution in [0.5, 0.6) is 0 Å². The van der Waals surface area contributed by atoms with Gasteiger partial charge in [0.1, 0.15) is 5.54 Å². The maximum absolute atomic E-state index is 11.8. The Morgan fingerprint density at radius 3 is 2.28 bits per heavy atom.